The minimum atomic E-state index is 0.631. The lowest BCUT2D eigenvalue weighted by molar-refractivity contribution is 0.968. The molecule has 0 aromatic heterocycles. The van der Waals surface area contributed by atoms with Gasteiger partial charge in [-0.3, -0.25) is 0 Å². The molecular formula is C42H38N4. The number of para-hydroxylation sites is 2. The number of nitrogens with two attached hydrogens (primary N) is 2. The highest BCUT2D eigenvalue weighted by Crippen LogP contribution is 2.50. The first kappa shape index (κ1) is 29.3. The predicted molar refractivity (Wildman–Crippen MR) is 196 cm³/mol. The highest BCUT2D eigenvalue weighted by molar-refractivity contribution is 6.23. The molecule has 0 heterocycles. The second-order valence-electron chi connectivity index (χ2n) is 11.5. The van der Waals surface area contributed by atoms with Gasteiger partial charge in [-0.1, -0.05) is 109 Å². The molecule has 7 aromatic rings. The number of fused-ring (bicyclic) bond motifs is 2. The van der Waals surface area contributed by atoms with Gasteiger partial charge in [-0.05, 0) is 85.6 Å². The first-order valence-corrected chi connectivity index (χ1v) is 16.0. The van der Waals surface area contributed by atoms with Crippen LogP contribution < -0.4 is 21.3 Å². The van der Waals surface area contributed by atoms with Crippen LogP contribution in [0.1, 0.15) is 11.1 Å². The molecule has 4 nitrogen and oxygen atoms in total. The lowest BCUT2D eigenvalue weighted by Crippen LogP contribution is -2.14. The number of nitrogens with zero attached hydrogens (tertiary/aromatic N) is 2. The van der Waals surface area contributed by atoms with E-state index in [1.54, 1.807) is 0 Å². The van der Waals surface area contributed by atoms with Crippen molar-refractivity contribution < 1.29 is 0 Å². The first-order chi connectivity index (χ1) is 22.8. The molecule has 0 unspecified atom stereocenters. The molecule has 0 spiro atoms. The largest absolute Gasteiger partial charge is 0.330 e. The molecule has 0 aliphatic heterocycles. The molecule has 0 aliphatic carbocycles. The van der Waals surface area contributed by atoms with Crippen molar-refractivity contribution in [2.75, 3.05) is 22.9 Å². The van der Waals surface area contributed by atoms with Gasteiger partial charge in [0.2, 0.25) is 0 Å². The van der Waals surface area contributed by atoms with Gasteiger partial charge in [-0.25, -0.2) is 0 Å². The van der Waals surface area contributed by atoms with Gasteiger partial charge in [0.1, 0.15) is 0 Å². The summed E-state index contributed by atoms with van der Waals surface area (Å²) in [5.74, 6) is 0. The van der Waals surface area contributed by atoms with Gasteiger partial charge in [-0.15, -0.1) is 0 Å². The second-order valence-corrected chi connectivity index (χ2v) is 11.5. The van der Waals surface area contributed by atoms with E-state index in [1.807, 2.05) is 0 Å². The van der Waals surface area contributed by atoms with Crippen LogP contribution in [-0.2, 0) is 12.8 Å². The maximum atomic E-state index is 5.89. The van der Waals surface area contributed by atoms with Crippen LogP contribution in [0, 0.1) is 0 Å². The van der Waals surface area contributed by atoms with Crippen LogP contribution in [0.2, 0.25) is 0 Å². The van der Waals surface area contributed by atoms with Crippen molar-refractivity contribution in [3.05, 3.63) is 169 Å². The van der Waals surface area contributed by atoms with Crippen LogP contribution in [0.5, 0.6) is 0 Å². The monoisotopic (exact) mass is 598 g/mol. The molecule has 226 valence electrons. The van der Waals surface area contributed by atoms with Crippen LogP contribution in [0.3, 0.4) is 0 Å². The summed E-state index contributed by atoms with van der Waals surface area (Å²) in [6.45, 7) is 1.26. The zero-order chi connectivity index (χ0) is 31.3. The molecule has 46 heavy (non-hydrogen) atoms. The zero-order valence-corrected chi connectivity index (χ0v) is 25.9. The van der Waals surface area contributed by atoms with Crippen LogP contribution in [0.25, 0.3) is 21.5 Å². The van der Waals surface area contributed by atoms with E-state index >= 15 is 0 Å². The van der Waals surface area contributed by atoms with Gasteiger partial charge >= 0.3 is 0 Å². The van der Waals surface area contributed by atoms with Gasteiger partial charge in [-0.2, -0.15) is 0 Å². The minimum absolute atomic E-state index is 0.631. The van der Waals surface area contributed by atoms with Crippen molar-refractivity contribution in [1.29, 1.82) is 0 Å². The number of rotatable bonds is 10. The molecule has 7 aromatic carbocycles. The third kappa shape index (κ3) is 5.61. The van der Waals surface area contributed by atoms with Crippen molar-refractivity contribution in [2.45, 2.75) is 12.8 Å². The van der Waals surface area contributed by atoms with E-state index in [2.05, 4.69) is 168 Å². The van der Waals surface area contributed by atoms with Crippen molar-refractivity contribution in [2.24, 2.45) is 11.5 Å². The fraction of sp³-hybridized carbons (Fsp3) is 0.0952. The Bertz CT molecular complexity index is 1850. The normalized spacial score (nSPS) is 11.2. The molecule has 0 radical (unpaired) electrons. The molecule has 0 fully saturated rings. The topological polar surface area (TPSA) is 58.5 Å². The molecule has 4 N–H and O–H groups in total. The standard InChI is InChI=1S/C42H38N4/c43-29-27-31-19-23-35(24-20-31)45(33-11-3-1-4-12-33)41-37-15-7-9-17-39(37)42(40-18-10-8-16-38(40)41)46(34-13-5-2-6-14-34)36-25-21-32(22-26-36)28-30-44/h1-26H,27-30,43-44H2. The third-order valence-corrected chi connectivity index (χ3v) is 8.61. The second kappa shape index (κ2) is 13.3. The van der Waals surface area contributed by atoms with Crippen molar-refractivity contribution in [1.82, 2.24) is 0 Å². The average Bonchev–Trinajstić information content (AvgIpc) is 3.12. The number of hydrogen-bond acceptors (Lipinski definition) is 4. The van der Waals surface area contributed by atoms with Crippen molar-refractivity contribution in [3.63, 3.8) is 0 Å². The highest BCUT2D eigenvalue weighted by Gasteiger charge is 2.25. The Morgan fingerprint density at radius 3 is 0.913 bits per heavy atom. The summed E-state index contributed by atoms with van der Waals surface area (Å²) in [4.78, 5) is 4.80. The van der Waals surface area contributed by atoms with Crippen molar-refractivity contribution >= 4 is 55.7 Å². The van der Waals surface area contributed by atoms with Gasteiger partial charge in [0.05, 0.1) is 11.4 Å². The van der Waals surface area contributed by atoms with Gasteiger partial charge in [0.25, 0.3) is 0 Å². The summed E-state index contributed by atoms with van der Waals surface area (Å²) >= 11 is 0. The van der Waals surface area contributed by atoms with E-state index in [9.17, 15) is 0 Å². The number of hydrogen-bond donors (Lipinski definition) is 2. The first-order valence-electron chi connectivity index (χ1n) is 16.0. The lowest BCUT2D eigenvalue weighted by Gasteiger charge is -2.33. The quantitative estimate of drug-likeness (QED) is 0.122. The van der Waals surface area contributed by atoms with E-state index in [-0.39, 0.29) is 0 Å². The molecule has 0 atom stereocenters. The molecule has 7 rings (SSSR count). The Labute approximate surface area is 271 Å². The summed E-state index contributed by atoms with van der Waals surface area (Å²) in [5, 5.41) is 4.69. The molecule has 0 saturated carbocycles. The fourth-order valence-corrected chi connectivity index (χ4v) is 6.49. The zero-order valence-electron chi connectivity index (χ0n) is 25.9. The molecule has 0 amide bonds. The average molecular weight is 599 g/mol. The van der Waals surface area contributed by atoms with Crippen LogP contribution >= 0.6 is 0 Å². The van der Waals surface area contributed by atoms with E-state index < -0.39 is 0 Å². The van der Waals surface area contributed by atoms with Crippen LogP contribution in [0.4, 0.5) is 34.1 Å². The summed E-state index contributed by atoms with van der Waals surface area (Å²) < 4.78 is 0. The Balaban J connectivity index is 1.54. The maximum Gasteiger partial charge on any atom is 0.0619 e. The Hall–Kier alpha value is -5.42. The minimum Gasteiger partial charge on any atom is -0.330 e. The smallest absolute Gasteiger partial charge is 0.0619 e. The lowest BCUT2D eigenvalue weighted by atomic mass is 9.95. The Morgan fingerprint density at radius 2 is 0.609 bits per heavy atom. The molecule has 0 saturated heterocycles. The SMILES string of the molecule is NCCc1ccc(N(c2ccccc2)c2c3ccccc3c(N(c3ccccc3)c3ccc(CCN)cc3)c3ccccc23)cc1. The van der Waals surface area contributed by atoms with Gasteiger partial charge in [0.15, 0.2) is 0 Å². The highest BCUT2D eigenvalue weighted by atomic mass is 15.2. The maximum absolute atomic E-state index is 5.89. The van der Waals surface area contributed by atoms with E-state index in [4.69, 9.17) is 11.5 Å². The predicted octanol–water partition coefficient (Wildman–Crippen LogP) is 9.93. The molecular weight excluding hydrogens is 560 g/mol. The Kier molecular flexibility index (Phi) is 8.46. The summed E-state index contributed by atoms with van der Waals surface area (Å²) in [7, 11) is 0. The summed E-state index contributed by atoms with van der Waals surface area (Å²) in [6, 6.07) is 56.6. The summed E-state index contributed by atoms with van der Waals surface area (Å²) in [5.41, 5.74) is 21.0. The molecule has 0 aliphatic rings. The molecule has 4 heteroatoms. The van der Waals surface area contributed by atoms with Gasteiger partial charge < -0.3 is 21.3 Å². The van der Waals surface area contributed by atoms with E-state index in [0.717, 1.165) is 47.0 Å². The number of benzene rings is 7. The van der Waals surface area contributed by atoms with Crippen molar-refractivity contribution in [3.8, 4) is 0 Å². The number of anilines is 6. The Morgan fingerprint density at radius 1 is 0.326 bits per heavy atom. The fourth-order valence-electron chi connectivity index (χ4n) is 6.49. The third-order valence-electron chi connectivity index (χ3n) is 8.61. The summed E-state index contributed by atoms with van der Waals surface area (Å²) in [6.07, 6.45) is 1.71. The molecule has 0 bridgehead atoms. The van der Waals surface area contributed by atoms with Crippen LogP contribution in [0.15, 0.2) is 158 Å². The van der Waals surface area contributed by atoms with E-state index in [0.29, 0.717) is 13.1 Å². The van der Waals surface area contributed by atoms with Gasteiger partial charge in [0, 0.05) is 44.3 Å². The van der Waals surface area contributed by atoms with Crippen LogP contribution in [-0.4, -0.2) is 13.1 Å². The van der Waals surface area contributed by atoms with E-state index in [1.165, 1.54) is 32.7 Å².